The van der Waals surface area contributed by atoms with Crippen molar-refractivity contribution >= 4 is 41.3 Å². The number of rotatable bonds is 11. The van der Waals surface area contributed by atoms with Crippen LogP contribution in [-0.2, 0) is 9.59 Å². The topological polar surface area (TPSA) is 171 Å². The van der Waals surface area contributed by atoms with Gasteiger partial charge in [-0.25, -0.2) is 19.4 Å². The molecule has 0 spiro atoms. The zero-order valence-electron chi connectivity index (χ0n) is 21.8. The van der Waals surface area contributed by atoms with E-state index < -0.39 is 18.6 Å². The number of carbonyl (C=O) groups excluding carboxylic acids is 2. The molecule has 0 radical (unpaired) electrons. The summed E-state index contributed by atoms with van der Waals surface area (Å²) in [5.41, 5.74) is 7.53. The molecular weight excluding hydrogens is 521 g/mol. The lowest BCUT2D eigenvalue weighted by molar-refractivity contribution is -0.121. The lowest BCUT2D eigenvalue weighted by Crippen LogP contribution is -2.40. The molecule has 0 saturated carbocycles. The van der Waals surface area contributed by atoms with Gasteiger partial charge in [0.2, 0.25) is 12.4 Å². The predicted molar refractivity (Wildman–Crippen MR) is 148 cm³/mol. The molecule has 3 aromatic rings. The van der Waals surface area contributed by atoms with Gasteiger partial charge in [-0.05, 0) is 48.0 Å². The number of nitrogens with zero attached hydrogens (tertiary/aromatic N) is 5. The van der Waals surface area contributed by atoms with Crippen LogP contribution in [0.5, 0.6) is 11.5 Å². The Balaban J connectivity index is 1.86. The van der Waals surface area contributed by atoms with Crippen molar-refractivity contribution < 1.29 is 23.5 Å². The average Bonchev–Trinajstić information content (AvgIpc) is 2.97. The van der Waals surface area contributed by atoms with Gasteiger partial charge in [-0.15, -0.1) is 0 Å². The molecule has 1 unspecified atom stereocenters. The van der Waals surface area contributed by atoms with Crippen LogP contribution in [0.25, 0.3) is 0 Å². The van der Waals surface area contributed by atoms with E-state index in [0.717, 1.165) is 0 Å². The Kier molecular flexibility index (Phi) is 8.69. The third kappa shape index (κ3) is 6.06. The molecule has 13 nitrogen and oxygen atoms in total. The molecule has 1 aromatic heterocycles. The van der Waals surface area contributed by atoms with E-state index in [1.807, 2.05) is 0 Å². The van der Waals surface area contributed by atoms with E-state index in [9.17, 15) is 14.0 Å². The molecule has 208 valence electrons. The van der Waals surface area contributed by atoms with E-state index in [2.05, 4.69) is 25.7 Å². The van der Waals surface area contributed by atoms with Crippen molar-refractivity contribution in [2.75, 3.05) is 49.2 Å². The number of anilines is 3. The second kappa shape index (κ2) is 12.5. The third-order valence-corrected chi connectivity index (χ3v) is 5.94. The Morgan fingerprint density at radius 1 is 1.32 bits per heavy atom. The fourth-order valence-corrected chi connectivity index (χ4v) is 4.07. The van der Waals surface area contributed by atoms with Crippen molar-refractivity contribution in [2.45, 2.75) is 6.04 Å². The smallest absolute Gasteiger partial charge is 0.265 e. The number of nitrogens with two attached hydrogens (primary N) is 1. The number of amides is 2. The first-order chi connectivity index (χ1) is 19.4. The Bertz CT molecular complexity index is 1400. The first-order valence-electron chi connectivity index (χ1n) is 12.1. The second-order valence-corrected chi connectivity index (χ2v) is 8.48. The number of nitrogen functional groups attached to an aromatic ring is 1. The molecule has 1 aliphatic rings. The fraction of sp³-hybridized carbons (Fsp3) is 0.231. The van der Waals surface area contributed by atoms with Gasteiger partial charge in [-0.3, -0.25) is 15.0 Å². The molecule has 2 aromatic carbocycles. The van der Waals surface area contributed by atoms with Gasteiger partial charge in [0.25, 0.3) is 5.91 Å². The van der Waals surface area contributed by atoms with Gasteiger partial charge in [0.15, 0.2) is 23.9 Å². The number of alkyl halides is 1. The minimum atomic E-state index is -0.844. The van der Waals surface area contributed by atoms with Gasteiger partial charge >= 0.3 is 0 Å². The molecule has 1 atom stereocenters. The molecule has 4 rings (SSSR count). The van der Waals surface area contributed by atoms with Crippen LogP contribution in [0.1, 0.15) is 17.2 Å². The van der Waals surface area contributed by atoms with Gasteiger partial charge in [-0.1, -0.05) is 0 Å². The highest BCUT2D eigenvalue weighted by atomic mass is 19.1. The summed E-state index contributed by atoms with van der Waals surface area (Å²) in [6, 6.07) is 10.9. The minimum Gasteiger partial charge on any atom is -0.493 e. The van der Waals surface area contributed by atoms with Crippen molar-refractivity contribution in [2.24, 2.45) is 10.8 Å². The van der Waals surface area contributed by atoms with Crippen LogP contribution in [0.4, 0.5) is 21.7 Å². The van der Waals surface area contributed by atoms with Crippen LogP contribution in [0.15, 0.2) is 60.0 Å². The van der Waals surface area contributed by atoms with Crippen molar-refractivity contribution in [3.05, 3.63) is 66.0 Å². The van der Waals surface area contributed by atoms with E-state index in [1.54, 1.807) is 61.9 Å². The molecule has 0 aliphatic carbocycles. The maximum Gasteiger partial charge on any atom is 0.265 e. The third-order valence-electron chi connectivity index (χ3n) is 5.94. The average molecular weight is 550 g/mol. The Morgan fingerprint density at radius 3 is 2.67 bits per heavy atom. The zero-order valence-corrected chi connectivity index (χ0v) is 21.8. The van der Waals surface area contributed by atoms with Crippen molar-refractivity contribution in [3.63, 3.8) is 0 Å². The van der Waals surface area contributed by atoms with Crippen LogP contribution in [0.3, 0.4) is 0 Å². The van der Waals surface area contributed by atoms with E-state index >= 15 is 0 Å². The Hall–Kier alpha value is -5.27. The highest BCUT2D eigenvalue weighted by Crippen LogP contribution is 2.43. The number of carbonyl (C=O) groups is 2. The number of methoxy groups -OCH3 is 1. The summed E-state index contributed by atoms with van der Waals surface area (Å²) in [5.74, 6) is 0.508. The van der Waals surface area contributed by atoms with Gasteiger partial charge in [-0.2, -0.15) is 5.10 Å². The van der Waals surface area contributed by atoms with Crippen LogP contribution >= 0.6 is 0 Å². The predicted octanol–water partition coefficient (Wildman–Crippen LogP) is 1.81. The van der Waals surface area contributed by atoms with Crippen LogP contribution < -0.4 is 35.7 Å². The summed E-state index contributed by atoms with van der Waals surface area (Å²) in [5, 5.41) is 19.5. The number of aromatic nitrogens is 2. The van der Waals surface area contributed by atoms with Crippen LogP contribution in [0, 0.1) is 5.41 Å². The number of benzene rings is 2. The maximum atomic E-state index is 13.4. The summed E-state index contributed by atoms with van der Waals surface area (Å²) in [4.78, 5) is 34.0. The summed E-state index contributed by atoms with van der Waals surface area (Å²) < 4.78 is 24.6. The van der Waals surface area contributed by atoms with E-state index in [1.165, 1.54) is 17.0 Å². The van der Waals surface area contributed by atoms with Gasteiger partial charge in [0, 0.05) is 30.7 Å². The van der Waals surface area contributed by atoms with Crippen LogP contribution in [0.2, 0.25) is 0 Å². The van der Waals surface area contributed by atoms with E-state index in [0.29, 0.717) is 40.4 Å². The molecule has 0 fully saturated rings. The van der Waals surface area contributed by atoms with E-state index in [-0.39, 0.29) is 30.8 Å². The number of hydrazone groups is 1. The van der Waals surface area contributed by atoms with Gasteiger partial charge < -0.3 is 30.7 Å². The number of hydrogen-bond acceptors (Lipinski definition) is 10. The molecule has 5 N–H and O–H groups in total. The number of hydrogen-bond donors (Lipinski definition) is 4. The molecule has 1 aliphatic heterocycles. The fourth-order valence-electron chi connectivity index (χ4n) is 4.07. The molecule has 2 amide bonds. The number of fused-ring (bicyclic) bond motifs is 1. The Labute approximate surface area is 229 Å². The van der Waals surface area contributed by atoms with Crippen molar-refractivity contribution in [3.8, 4) is 11.5 Å². The lowest BCUT2D eigenvalue weighted by atomic mass is 10.0. The highest BCUT2D eigenvalue weighted by molar-refractivity contribution is 6.01. The molecule has 14 heteroatoms. The lowest BCUT2D eigenvalue weighted by Gasteiger charge is -2.31. The van der Waals surface area contributed by atoms with E-state index in [4.69, 9.17) is 20.6 Å². The molecular formula is C26H28FN9O4. The van der Waals surface area contributed by atoms with Crippen LogP contribution in [-0.4, -0.2) is 67.9 Å². The molecule has 2 heterocycles. The number of ether oxygens (including phenoxy) is 2. The minimum absolute atomic E-state index is 0.0884. The first-order valence-corrected chi connectivity index (χ1v) is 12.1. The monoisotopic (exact) mass is 549 g/mol. The van der Waals surface area contributed by atoms with Crippen molar-refractivity contribution in [1.82, 2.24) is 15.3 Å². The second-order valence-electron chi connectivity index (χ2n) is 8.48. The summed E-state index contributed by atoms with van der Waals surface area (Å²) in [7, 11) is 3.06. The number of halogens is 1. The molecule has 40 heavy (non-hydrogen) atoms. The largest absolute Gasteiger partial charge is 0.493 e. The molecule has 0 bridgehead atoms. The summed E-state index contributed by atoms with van der Waals surface area (Å²) in [6.45, 7) is -1.19. The number of amidine groups is 2. The standard InChI is InChI=1S/C26H28FN9O4/c1-35(26-30-9-3-10-31-26)34-25(32-15-37)22(33-18-6-4-16(5-7-18)24(28)29)17-12-19-23(20(13-17)39-2)40-14-21(38)36(19)11-8-27/h3-7,9-10,12-13,15,22,33H,8,11,14H2,1-2H3,(H3,28,29)(H,32,34,37). The van der Waals surface area contributed by atoms with Gasteiger partial charge in [0.05, 0.1) is 19.3 Å². The maximum absolute atomic E-state index is 13.4. The zero-order chi connectivity index (χ0) is 28.6. The summed E-state index contributed by atoms with van der Waals surface area (Å²) >= 11 is 0. The molecule has 0 saturated heterocycles. The summed E-state index contributed by atoms with van der Waals surface area (Å²) in [6.07, 6.45) is 3.58. The Morgan fingerprint density at radius 2 is 2.05 bits per heavy atom. The van der Waals surface area contributed by atoms with Gasteiger partial charge in [0.1, 0.15) is 18.6 Å². The quantitative estimate of drug-likeness (QED) is 0.120. The number of nitrogens with one attached hydrogen (secondary N) is 3. The highest BCUT2D eigenvalue weighted by Gasteiger charge is 2.31. The first kappa shape index (κ1) is 27.8. The normalized spacial score (nSPS) is 13.5. The van der Waals surface area contributed by atoms with Crippen molar-refractivity contribution in [1.29, 1.82) is 5.41 Å². The SMILES string of the molecule is COc1cc(C(Nc2ccc(C(=N)N)cc2)/C(=N/N(C)c2ncccn2)NC=O)cc2c1OCC(=O)N2CCF.